The topological polar surface area (TPSA) is 79.7 Å². The monoisotopic (exact) mass is 506 g/mol. The summed E-state index contributed by atoms with van der Waals surface area (Å²) in [6.07, 6.45) is 3.22. The third kappa shape index (κ3) is 6.69. The summed E-state index contributed by atoms with van der Waals surface area (Å²) in [6, 6.07) is 10.3. The number of halogens is 2. The first kappa shape index (κ1) is 26.2. The Labute approximate surface area is 214 Å². The molecule has 0 unspecified atom stereocenters. The van der Waals surface area contributed by atoms with Crippen molar-refractivity contribution >= 4 is 22.7 Å². The number of hydrogen-bond acceptors (Lipinski definition) is 5. The van der Waals surface area contributed by atoms with E-state index in [1.54, 1.807) is 31.5 Å². The average molecular weight is 507 g/mol. The molecule has 1 aliphatic rings. The van der Waals surface area contributed by atoms with Gasteiger partial charge in [0.05, 0.1) is 24.7 Å². The molecule has 2 aromatic carbocycles. The van der Waals surface area contributed by atoms with Gasteiger partial charge in [-0.15, -0.1) is 0 Å². The van der Waals surface area contributed by atoms with Crippen LogP contribution in [0.4, 0.5) is 8.78 Å². The Bertz CT molecular complexity index is 1370. The largest absolute Gasteiger partial charge is 0.497 e. The maximum Gasteiger partial charge on any atom is 0.303 e. The highest BCUT2D eigenvalue weighted by Gasteiger charge is 2.31. The molecule has 4 rings (SSSR count). The maximum atomic E-state index is 13.8. The first-order valence-corrected chi connectivity index (χ1v) is 12.2. The molecular formula is C29H28F2N2O4. The number of piperidine rings is 1. The number of aliphatic carboxylic acids is 1. The molecule has 0 spiro atoms. The summed E-state index contributed by atoms with van der Waals surface area (Å²) in [5.41, 5.74) is 1.29. The van der Waals surface area contributed by atoms with Crippen LogP contribution < -0.4 is 4.74 Å². The van der Waals surface area contributed by atoms with Gasteiger partial charge in [0.1, 0.15) is 17.4 Å². The quantitative estimate of drug-likeness (QED) is 0.344. The summed E-state index contributed by atoms with van der Waals surface area (Å²) in [6.45, 7) is 1.52. The van der Waals surface area contributed by atoms with Crippen molar-refractivity contribution in [3.05, 3.63) is 71.4 Å². The number of aromatic nitrogens is 1. The van der Waals surface area contributed by atoms with Gasteiger partial charge in [-0.25, -0.2) is 8.78 Å². The normalized spacial score (nSPS) is 17.7. The molecule has 0 bridgehead atoms. The number of carboxylic acid groups (broad SMARTS) is 1. The number of likely N-dealkylation sites (tertiary alicyclic amines) is 1. The molecule has 0 radical (unpaired) electrons. The fraction of sp³-hybridized carbons (Fsp3) is 0.345. The Morgan fingerprint density at radius 2 is 2.00 bits per heavy atom. The number of hydrogen-bond donors (Lipinski definition) is 1. The molecular weight excluding hydrogens is 478 g/mol. The smallest absolute Gasteiger partial charge is 0.303 e. The summed E-state index contributed by atoms with van der Waals surface area (Å²) in [4.78, 5) is 31.0. The lowest BCUT2D eigenvalue weighted by molar-refractivity contribution is -0.139. The van der Waals surface area contributed by atoms with Crippen LogP contribution in [-0.4, -0.2) is 53.5 Å². The number of carbonyl (C=O) groups is 2. The second kappa shape index (κ2) is 11.9. The van der Waals surface area contributed by atoms with Crippen LogP contribution in [0.1, 0.15) is 41.6 Å². The third-order valence-corrected chi connectivity index (χ3v) is 6.86. The van der Waals surface area contributed by atoms with E-state index in [0.29, 0.717) is 49.3 Å². The second-order valence-corrected chi connectivity index (χ2v) is 9.27. The molecule has 6 nitrogen and oxygen atoms in total. The van der Waals surface area contributed by atoms with Crippen LogP contribution in [0.5, 0.6) is 5.75 Å². The minimum absolute atomic E-state index is 0.00302. The number of methoxy groups -OCH3 is 1. The van der Waals surface area contributed by atoms with Gasteiger partial charge in [-0.2, -0.15) is 0 Å². The van der Waals surface area contributed by atoms with Gasteiger partial charge in [0.2, 0.25) is 0 Å². The third-order valence-electron chi connectivity index (χ3n) is 6.86. The van der Waals surface area contributed by atoms with Crippen LogP contribution in [0.3, 0.4) is 0 Å². The number of nitrogens with zero attached hydrogens (tertiary/aromatic N) is 2. The molecule has 192 valence electrons. The number of benzene rings is 2. The van der Waals surface area contributed by atoms with E-state index in [2.05, 4.69) is 16.8 Å². The first-order chi connectivity index (χ1) is 17.8. The number of carboxylic acids is 1. The molecule has 1 aromatic heterocycles. The number of Topliss-reactive ketones (excluding diaryl/α,β-unsaturated/α-hetero) is 1. The highest BCUT2D eigenvalue weighted by atomic mass is 19.1. The van der Waals surface area contributed by atoms with Crippen LogP contribution in [-0.2, 0) is 4.79 Å². The SMILES string of the molecule is COc1ccc2nccc(C(=O)CC[C@@H]3CCN(CC#Cc4cc(F)ccc4F)C[C@@H]3CC(=O)O)c2c1. The lowest BCUT2D eigenvalue weighted by Crippen LogP contribution is -2.41. The van der Waals surface area contributed by atoms with Gasteiger partial charge in [-0.05, 0) is 73.7 Å². The van der Waals surface area contributed by atoms with Crippen LogP contribution in [0.15, 0.2) is 48.7 Å². The van der Waals surface area contributed by atoms with Gasteiger partial charge in [-0.3, -0.25) is 19.5 Å². The molecule has 1 aliphatic heterocycles. The van der Waals surface area contributed by atoms with Crippen LogP contribution in [0, 0.1) is 35.3 Å². The lowest BCUT2D eigenvalue weighted by Gasteiger charge is -2.37. The lowest BCUT2D eigenvalue weighted by atomic mass is 9.79. The van der Waals surface area contributed by atoms with Gasteiger partial charge in [0.25, 0.3) is 0 Å². The average Bonchev–Trinajstić information content (AvgIpc) is 2.89. The van der Waals surface area contributed by atoms with Crippen molar-refractivity contribution in [2.75, 3.05) is 26.7 Å². The van der Waals surface area contributed by atoms with E-state index in [-0.39, 0.29) is 29.6 Å². The van der Waals surface area contributed by atoms with E-state index in [0.717, 1.165) is 30.0 Å². The fourth-order valence-corrected chi connectivity index (χ4v) is 4.92. The van der Waals surface area contributed by atoms with Crippen molar-refractivity contribution in [2.24, 2.45) is 11.8 Å². The molecule has 1 saturated heterocycles. The number of rotatable bonds is 8. The minimum Gasteiger partial charge on any atom is -0.497 e. The Morgan fingerprint density at radius 1 is 1.16 bits per heavy atom. The number of ketones is 1. The number of fused-ring (bicyclic) bond motifs is 1. The first-order valence-electron chi connectivity index (χ1n) is 12.2. The highest BCUT2D eigenvalue weighted by molar-refractivity contribution is 6.07. The molecule has 2 heterocycles. The molecule has 37 heavy (non-hydrogen) atoms. The van der Waals surface area contributed by atoms with E-state index in [4.69, 9.17) is 4.74 Å². The molecule has 1 fully saturated rings. The van der Waals surface area contributed by atoms with Gasteiger partial charge >= 0.3 is 5.97 Å². The molecule has 1 N–H and O–H groups in total. The van der Waals surface area contributed by atoms with Crippen molar-refractivity contribution < 1.29 is 28.2 Å². The van der Waals surface area contributed by atoms with E-state index in [9.17, 15) is 23.5 Å². The number of ether oxygens (including phenoxy) is 1. The van der Waals surface area contributed by atoms with Gasteiger partial charge in [0.15, 0.2) is 5.78 Å². The number of pyridine rings is 1. The highest BCUT2D eigenvalue weighted by Crippen LogP contribution is 2.31. The Morgan fingerprint density at radius 3 is 2.78 bits per heavy atom. The van der Waals surface area contributed by atoms with Crippen LogP contribution in [0.25, 0.3) is 10.9 Å². The minimum atomic E-state index is -0.886. The van der Waals surface area contributed by atoms with Crippen LogP contribution >= 0.6 is 0 Å². The predicted octanol–water partition coefficient (Wildman–Crippen LogP) is 4.95. The Balaban J connectivity index is 1.40. The molecule has 0 aliphatic carbocycles. The zero-order chi connectivity index (χ0) is 26.4. The van der Waals surface area contributed by atoms with Crippen molar-refractivity contribution in [1.82, 2.24) is 9.88 Å². The van der Waals surface area contributed by atoms with Gasteiger partial charge < -0.3 is 9.84 Å². The standard InChI is InChI=1S/C29H28F2N2O4/c1-37-23-6-8-27-25(17-23)24(10-12-32-27)28(34)9-4-19-11-14-33(18-21(19)16-29(35)36)13-2-3-20-15-22(30)5-7-26(20)31/h5-8,10,12,15,17,19,21H,4,9,11,13-14,16,18H2,1H3,(H,35,36)/t19-,21+/m1/s1. The molecule has 0 saturated carbocycles. The summed E-state index contributed by atoms with van der Waals surface area (Å²) in [7, 11) is 1.57. The van der Waals surface area contributed by atoms with E-state index in [1.807, 2.05) is 11.0 Å². The summed E-state index contributed by atoms with van der Waals surface area (Å²) < 4.78 is 32.5. The Hall–Kier alpha value is -3.83. The van der Waals surface area contributed by atoms with Crippen molar-refractivity contribution in [2.45, 2.75) is 25.7 Å². The summed E-state index contributed by atoms with van der Waals surface area (Å²) in [5, 5.41) is 10.2. The zero-order valence-corrected chi connectivity index (χ0v) is 20.5. The maximum absolute atomic E-state index is 13.8. The number of carbonyl (C=O) groups excluding carboxylic acids is 1. The van der Waals surface area contributed by atoms with Crippen molar-refractivity contribution in [1.29, 1.82) is 0 Å². The van der Waals surface area contributed by atoms with Gasteiger partial charge in [-0.1, -0.05) is 11.8 Å². The summed E-state index contributed by atoms with van der Waals surface area (Å²) >= 11 is 0. The molecule has 2 atom stereocenters. The molecule has 8 heteroatoms. The predicted molar refractivity (Wildman–Crippen MR) is 135 cm³/mol. The zero-order valence-electron chi connectivity index (χ0n) is 20.5. The van der Waals surface area contributed by atoms with Crippen LogP contribution in [0.2, 0.25) is 0 Å². The fourth-order valence-electron chi connectivity index (χ4n) is 4.92. The van der Waals surface area contributed by atoms with Crippen molar-refractivity contribution in [3.8, 4) is 17.6 Å². The molecule has 3 aromatic rings. The van der Waals surface area contributed by atoms with Gasteiger partial charge in [0, 0.05) is 36.5 Å². The molecule has 0 amide bonds. The van der Waals surface area contributed by atoms with E-state index in [1.165, 1.54) is 0 Å². The van der Waals surface area contributed by atoms with E-state index >= 15 is 0 Å². The summed E-state index contributed by atoms with van der Waals surface area (Å²) in [5.74, 6) is 4.09. The van der Waals surface area contributed by atoms with Crippen molar-refractivity contribution in [3.63, 3.8) is 0 Å². The second-order valence-electron chi connectivity index (χ2n) is 9.27. The van der Waals surface area contributed by atoms with E-state index < -0.39 is 17.6 Å². The Kier molecular flexibility index (Phi) is 8.47.